The zero-order valence-corrected chi connectivity index (χ0v) is 20.2. The molecule has 2 fully saturated rings. The summed E-state index contributed by atoms with van der Waals surface area (Å²) >= 11 is 0. The number of anilines is 1. The molecule has 1 spiro atoms. The van der Waals surface area contributed by atoms with E-state index in [2.05, 4.69) is 31.0 Å². The Balaban J connectivity index is 1.55. The predicted octanol–water partition coefficient (Wildman–Crippen LogP) is 4.89. The summed E-state index contributed by atoms with van der Waals surface area (Å²) in [4.78, 5) is 10.9. The molecule has 0 atom stereocenters. The van der Waals surface area contributed by atoms with E-state index >= 15 is 0 Å². The molecule has 1 saturated heterocycles. The third kappa shape index (κ3) is 5.66. The first-order chi connectivity index (χ1) is 16.0. The molecule has 0 bridgehead atoms. The summed E-state index contributed by atoms with van der Waals surface area (Å²) in [6.07, 6.45) is 5.22. The van der Waals surface area contributed by atoms with Crippen molar-refractivity contribution >= 4 is 5.69 Å². The van der Waals surface area contributed by atoms with Crippen molar-refractivity contribution < 1.29 is 23.8 Å². The molecule has 1 aliphatic carbocycles. The summed E-state index contributed by atoms with van der Waals surface area (Å²) in [6, 6.07) is 12.3. The average molecular weight is 457 g/mol. The lowest BCUT2D eigenvalue weighted by Crippen LogP contribution is -2.52. The molecule has 1 aromatic carbocycles. The molecule has 1 aliphatic heterocycles. The Morgan fingerprint density at radius 2 is 1.70 bits per heavy atom. The van der Waals surface area contributed by atoms with E-state index in [9.17, 15) is 0 Å². The highest BCUT2D eigenvalue weighted by Gasteiger charge is 2.44. The Morgan fingerprint density at radius 3 is 2.33 bits per heavy atom. The summed E-state index contributed by atoms with van der Waals surface area (Å²) in [5.74, 6) is 0.209. The maximum atomic E-state index is 6.44. The molecular weight excluding hydrogens is 420 g/mol. The minimum absolute atomic E-state index is 0.0646. The zero-order chi connectivity index (χ0) is 23.3. The number of ether oxygens (including phenoxy) is 4. The van der Waals surface area contributed by atoms with E-state index < -0.39 is 5.79 Å². The summed E-state index contributed by atoms with van der Waals surface area (Å²) in [5, 5.41) is 2.01. The van der Waals surface area contributed by atoms with Gasteiger partial charge in [0.1, 0.15) is 11.4 Å². The van der Waals surface area contributed by atoms with E-state index in [1.54, 1.807) is 20.4 Å². The number of methoxy groups -OCH3 is 2. The molecule has 0 radical (unpaired) electrons. The Hall–Kier alpha value is -2.19. The van der Waals surface area contributed by atoms with Crippen LogP contribution in [0.3, 0.4) is 0 Å². The minimum atomic E-state index is -0.472. The summed E-state index contributed by atoms with van der Waals surface area (Å²) in [6.45, 7) is 6.65. The highest BCUT2D eigenvalue weighted by Crippen LogP contribution is 2.43. The van der Waals surface area contributed by atoms with E-state index in [-0.39, 0.29) is 11.5 Å². The van der Waals surface area contributed by atoms with Gasteiger partial charge in [0.25, 0.3) is 0 Å². The van der Waals surface area contributed by atoms with Crippen molar-refractivity contribution in [2.24, 2.45) is 5.41 Å². The first kappa shape index (κ1) is 24.0. The molecule has 7 nitrogen and oxygen atoms in total. The highest BCUT2D eigenvalue weighted by molar-refractivity contribution is 5.59. The van der Waals surface area contributed by atoms with E-state index in [1.807, 2.05) is 29.3 Å². The van der Waals surface area contributed by atoms with Gasteiger partial charge in [-0.2, -0.15) is 0 Å². The van der Waals surface area contributed by atoms with Crippen LogP contribution in [0.2, 0.25) is 0 Å². The van der Waals surface area contributed by atoms with Crippen molar-refractivity contribution in [1.29, 1.82) is 0 Å². The van der Waals surface area contributed by atoms with Gasteiger partial charge in [-0.05, 0) is 24.5 Å². The molecule has 2 aliphatic rings. The van der Waals surface area contributed by atoms with Crippen LogP contribution in [0.4, 0.5) is 5.69 Å². The highest BCUT2D eigenvalue weighted by atomic mass is 16.7. The monoisotopic (exact) mass is 456 g/mol. The van der Waals surface area contributed by atoms with Crippen molar-refractivity contribution in [1.82, 2.24) is 4.98 Å². The molecule has 1 aromatic heterocycles. The van der Waals surface area contributed by atoms with Gasteiger partial charge in [-0.1, -0.05) is 44.2 Å². The van der Waals surface area contributed by atoms with Crippen LogP contribution in [0.1, 0.15) is 50.8 Å². The van der Waals surface area contributed by atoms with Gasteiger partial charge in [0.15, 0.2) is 11.5 Å². The third-order valence-corrected chi connectivity index (χ3v) is 6.39. The molecule has 180 valence electrons. The number of hydroxylamine groups is 1. The Labute approximate surface area is 196 Å². The summed E-state index contributed by atoms with van der Waals surface area (Å²) in [5.41, 5.74) is 2.79. The number of pyridine rings is 1. The number of nitrogens with zero attached hydrogens (tertiary/aromatic N) is 2. The molecule has 0 N–H and O–H groups in total. The van der Waals surface area contributed by atoms with Gasteiger partial charge in [-0.3, -0.25) is 9.82 Å². The van der Waals surface area contributed by atoms with E-state index in [0.717, 1.165) is 55.8 Å². The van der Waals surface area contributed by atoms with Crippen LogP contribution in [0.15, 0.2) is 42.6 Å². The molecule has 33 heavy (non-hydrogen) atoms. The standard InChI is InChI=1S/C26H36N2O5/c1-25(2)18-31-26(32-19-25)13-10-21(11-14-26)28(33-16-20-8-6-5-7-9-20)23-12-15-27-22(17-29-3)24(23)30-4/h5-9,12,15,21H,10-11,13-14,16-19H2,1-4H3. The number of hydrogen-bond donors (Lipinski definition) is 0. The second-order valence-electron chi connectivity index (χ2n) is 9.71. The van der Waals surface area contributed by atoms with Crippen LogP contribution >= 0.6 is 0 Å². The van der Waals surface area contributed by atoms with Gasteiger partial charge in [-0.15, -0.1) is 0 Å². The van der Waals surface area contributed by atoms with Gasteiger partial charge in [-0.25, -0.2) is 5.06 Å². The first-order valence-corrected chi connectivity index (χ1v) is 11.7. The SMILES string of the molecule is COCc1nccc(N(OCc2ccccc2)C2CCC3(CC2)OCC(C)(C)CO3)c1OC. The van der Waals surface area contributed by atoms with Crippen LogP contribution in [0, 0.1) is 5.41 Å². The van der Waals surface area contributed by atoms with Crippen molar-refractivity contribution in [3.63, 3.8) is 0 Å². The predicted molar refractivity (Wildman–Crippen MR) is 126 cm³/mol. The maximum absolute atomic E-state index is 6.44. The summed E-state index contributed by atoms with van der Waals surface area (Å²) in [7, 11) is 3.32. The van der Waals surface area contributed by atoms with Gasteiger partial charge in [0.2, 0.25) is 0 Å². The minimum Gasteiger partial charge on any atom is -0.492 e. The van der Waals surface area contributed by atoms with E-state index in [4.69, 9.17) is 23.8 Å². The fourth-order valence-electron chi connectivity index (χ4n) is 4.51. The largest absolute Gasteiger partial charge is 0.492 e. The van der Waals surface area contributed by atoms with Crippen molar-refractivity contribution in [2.45, 2.75) is 64.6 Å². The van der Waals surface area contributed by atoms with Crippen molar-refractivity contribution in [2.75, 3.05) is 32.5 Å². The molecule has 2 heterocycles. The number of rotatable bonds is 8. The second kappa shape index (κ2) is 10.4. The zero-order valence-electron chi connectivity index (χ0n) is 20.2. The van der Waals surface area contributed by atoms with Crippen LogP contribution < -0.4 is 9.80 Å². The molecule has 2 aromatic rings. The summed E-state index contributed by atoms with van der Waals surface area (Å²) < 4.78 is 23.6. The molecule has 0 unspecified atom stereocenters. The van der Waals surface area contributed by atoms with Crippen LogP contribution in [-0.4, -0.2) is 44.2 Å². The quantitative estimate of drug-likeness (QED) is 0.524. The average Bonchev–Trinajstić information content (AvgIpc) is 2.83. The lowest BCUT2D eigenvalue weighted by molar-refractivity contribution is -0.311. The van der Waals surface area contributed by atoms with Crippen LogP contribution in [-0.2, 0) is 32.3 Å². The lowest BCUT2D eigenvalue weighted by atomic mass is 9.87. The van der Waals surface area contributed by atoms with E-state index in [0.29, 0.717) is 19.0 Å². The van der Waals surface area contributed by atoms with Gasteiger partial charge in [0.05, 0.1) is 39.6 Å². The number of benzene rings is 1. The topological polar surface area (TPSA) is 62.3 Å². The van der Waals surface area contributed by atoms with Crippen LogP contribution in [0.5, 0.6) is 5.75 Å². The van der Waals surface area contributed by atoms with E-state index in [1.165, 1.54) is 0 Å². The molecule has 4 rings (SSSR count). The van der Waals surface area contributed by atoms with Crippen molar-refractivity contribution in [3.05, 3.63) is 53.9 Å². The Kier molecular flexibility index (Phi) is 7.54. The van der Waals surface area contributed by atoms with Crippen molar-refractivity contribution in [3.8, 4) is 5.75 Å². The Morgan fingerprint density at radius 1 is 1.00 bits per heavy atom. The molecule has 0 amide bonds. The number of aromatic nitrogens is 1. The fraction of sp³-hybridized carbons (Fsp3) is 0.577. The second-order valence-corrected chi connectivity index (χ2v) is 9.71. The molecule has 7 heteroatoms. The lowest BCUT2D eigenvalue weighted by Gasteiger charge is -2.48. The van der Waals surface area contributed by atoms with Gasteiger partial charge in [0, 0.05) is 31.6 Å². The molecular formula is C26H36N2O5. The maximum Gasteiger partial charge on any atom is 0.168 e. The van der Waals surface area contributed by atoms with Gasteiger partial charge < -0.3 is 18.9 Å². The third-order valence-electron chi connectivity index (χ3n) is 6.39. The van der Waals surface area contributed by atoms with Gasteiger partial charge >= 0.3 is 0 Å². The molecule has 1 saturated carbocycles. The first-order valence-electron chi connectivity index (χ1n) is 11.7. The van der Waals surface area contributed by atoms with Crippen LogP contribution in [0.25, 0.3) is 0 Å². The Bertz CT molecular complexity index is 885. The number of hydrogen-bond acceptors (Lipinski definition) is 7. The normalized spacial score (nSPS) is 20.0. The fourth-order valence-corrected chi connectivity index (χ4v) is 4.51. The smallest absolute Gasteiger partial charge is 0.168 e.